The SMILES string of the molecule is CCCCC(CC)COC(=O)c1ccc(C(=O)OCC(CC)CCCC)cc1.CCCCC(CC)COC(=O)c1cccc(C(=O)OCC(CC)CCCC)c1. The molecular formula is C48H76O8. The van der Waals surface area contributed by atoms with Crippen LogP contribution in [0.5, 0.6) is 0 Å². The molecule has 0 heterocycles. The summed E-state index contributed by atoms with van der Waals surface area (Å²) in [5.41, 5.74) is 1.74. The largest absolute Gasteiger partial charge is 0.462 e. The molecule has 0 fully saturated rings. The fourth-order valence-electron chi connectivity index (χ4n) is 6.22. The Labute approximate surface area is 340 Å². The van der Waals surface area contributed by atoms with Crippen molar-refractivity contribution in [2.45, 2.75) is 158 Å². The monoisotopic (exact) mass is 781 g/mol. The highest BCUT2D eigenvalue weighted by Crippen LogP contribution is 2.19. The first-order valence-corrected chi connectivity index (χ1v) is 22.0. The molecule has 8 nitrogen and oxygen atoms in total. The molecule has 2 aromatic carbocycles. The van der Waals surface area contributed by atoms with Crippen LogP contribution in [-0.2, 0) is 18.9 Å². The number of benzene rings is 2. The lowest BCUT2D eigenvalue weighted by atomic mass is 10.0. The number of carbonyl (C=O) groups is 4. The van der Waals surface area contributed by atoms with E-state index in [9.17, 15) is 19.2 Å². The molecule has 0 amide bonds. The third-order valence-electron chi connectivity index (χ3n) is 10.7. The van der Waals surface area contributed by atoms with E-state index >= 15 is 0 Å². The normalized spacial score (nSPS) is 13.0. The Balaban J connectivity index is 0.000000560. The Morgan fingerprint density at radius 3 is 0.875 bits per heavy atom. The second kappa shape index (κ2) is 31.4. The summed E-state index contributed by atoms with van der Waals surface area (Å²) in [7, 11) is 0. The third-order valence-corrected chi connectivity index (χ3v) is 10.7. The second-order valence-electron chi connectivity index (χ2n) is 15.2. The molecule has 0 spiro atoms. The fraction of sp³-hybridized carbons (Fsp3) is 0.667. The molecule has 0 aliphatic rings. The molecule has 0 saturated carbocycles. The van der Waals surface area contributed by atoms with Gasteiger partial charge in [0.25, 0.3) is 0 Å². The standard InChI is InChI=1S/2C24H38O4/c1-5-9-12-19(7-3)17-27-23(25)21-14-11-15-22(16-21)24(26)28-18-20(8-4)13-10-6-2;1-5-9-11-19(7-3)17-27-23(25)21-13-15-22(16-14-21)24(26)28-18-20(8-4)12-10-6-2/h11,14-16,19-20H,5-10,12-13,17-18H2,1-4H3;13-16,19-20H,5-12,17-18H2,1-4H3. The van der Waals surface area contributed by atoms with Gasteiger partial charge in [-0.05, 0) is 91.8 Å². The van der Waals surface area contributed by atoms with Crippen molar-refractivity contribution in [2.75, 3.05) is 26.4 Å². The Bertz CT molecular complexity index is 1250. The number of ether oxygens (including phenoxy) is 4. The summed E-state index contributed by atoms with van der Waals surface area (Å²) >= 11 is 0. The van der Waals surface area contributed by atoms with E-state index in [4.69, 9.17) is 18.9 Å². The molecule has 0 radical (unpaired) electrons. The highest BCUT2D eigenvalue weighted by Gasteiger charge is 2.18. The van der Waals surface area contributed by atoms with E-state index in [-0.39, 0.29) is 23.9 Å². The van der Waals surface area contributed by atoms with Gasteiger partial charge in [0.1, 0.15) is 0 Å². The van der Waals surface area contributed by atoms with Gasteiger partial charge in [0.15, 0.2) is 0 Å². The fourth-order valence-corrected chi connectivity index (χ4v) is 6.22. The molecule has 316 valence electrons. The molecule has 2 rings (SSSR count). The van der Waals surface area contributed by atoms with Crippen molar-refractivity contribution in [3.8, 4) is 0 Å². The Morgan fingerprint density at radius 1 is 0.393 bits per heavy atom. The van der Waals surface area contributed by atoms with Crippen LogP contribution in [0.1, 0.15) is 200 Å². The summed E-state index contributed by atoms with van der Waals surface area (Å²) in [4.78, 5) is 49.2. The molecule has 0 aliphatic heterocycles. The quantitative estimate of drug-likeness (QED) is 0.0621. The summed E-state index contributed by atoms with van der Waals surface area (Å²) in [5.74, 6) is 0.200. The van der Waals surface area contributed by atoms with E-state index in [1.165, 1.54) is 0 Å². The van der Waals surface area contributed by atoms with Crippen LogP contribution >= 0.6 is 0 Å². The van der Waals surface area contributed by atoms with Crippen LogP contribution in [-0.4, -0.2) is 50.3 Å². The van der Waals surface area contributed by atoms with Crippen LogP contribution < -0.4 is 0 Å². The zero-order valence-corrected chi connectivity index (χ0v) is 36.3. The summed E-state index contributed by atoms with van der Waals surface area (Å²) in [6, 6.07) is 13.2. The average molecular weight is 781 g/mol. The van der Waals surface area contributed by atoms with E-state index in [2.05, 4.69) is 55.4 Å². The number of hydrogen-bond acceptors (Lipinski definition) is 8. The molecule has 4 unspecified atom stereocenters. The molecular weight excluding hydrogens is 705 g/mol. The Morgan fingerprint density at radius 2 is 0.643 bits per heavy atom. The first kappa shape index (κ1) is 50.3. The van der Waals surface area contributed by atoms with Crippen LogP contribution in [0.3, 0.4) is 0 Å². The van der Waals surface area contributed by atoms with E-state index < -0.39 is 0 Å². The average Bonchev–Trinajstić information content (AvgIpc) is 3.23. The van der Waals surface area contributed by atoms with Gasteiger partial charge in [-0.2, -0.15) is 0 Å². The molecule has 56 heavy (non-hydrogen) atoms. The van der Waals surface area contributed by atoms with Crippen LogP contribution in [0.2, 0.25) is 0 Å². The smallest absolute Gasteiger partial charge is 0.338 e. The molecule has 0 bridgehead atoms. The van der Waals surface area contributed by atoms with E-state index in [0.29, 0.717) is 72.4 Å². The first-order chi connectivity index (χ1) is 27.1. The van der Waals surface area contributed by atoms with Gasteiger partial charge in [-0.15, -0.1) is 0 Å². The minimum absolute atomic E-state index is 0.333. The molecule has 8 heteroatoms. The summed E-state index contributed by atoms with van der Waals surface area (Å²) in [6.45, 7) is 18.9. The number of rotatable bonds is 28. The third kappa shape index (κ3) is 21.0. The van der Waals surface area contributed by atoms with Gasteiger partial charge >= 0.3 is 23.9 Å². The lowest BCUT2D eigenvalue weighted by Crippen LogP contribution is -2.16. The first-order valence-electron chi connectivity index (χ1n) is 22.0. The van der Waals surface area contributed by atoms with Crippen molar-refractivity contribution in [3.05, 3.63) is 70.8 Å². The maximum atomic E-state index is 12.4. The van der Waals surface area contributed by atoms with Crippen molar-refractivity contribution in [2.24, 2.45) is 23.7 Å². The molecule has 0 aromatic heterocycles. The van der Waals surface area contributed by atoms with E-state index in [1.54, 1.807) is 48.5 Å². The van der Waals surface area contributed by atoms with Gasteiger partial charge in [0.2, 0.25) is 0 Å². The zero-order valence-electron chi connectivity index (χ0n) is 36.3. The van der Waals surface area contributed by atoms with E-state index in [0.717, 1.165) is 103 Å². The minimum atomic E-state index is -0.376. The Kier molecular flexibility index (Phi) is 28.2. The van der Waals surface area contributed by atoms with Crippen molar-refractivity contribution >= 4 is 23.9 Å². The predicted octanol–water partition coefficient (Wildman–Crippen LogP) is 12.9. The topological polar surface area (TPSA) is 105 Å². The van der Waals surface area contributed by atoms with Gasteiger partial charge in [-0.25, -0.2) is 19.2 Å². The highest BCUT2D eigenvalue weighted by molar-refractivity contribution is 5.95. The van der Waals surface area contributed by atoms with Gasteiger partial charge in [0.05, 0.1) is 48.7 Å². The maximum Gasteiger partial charge on any atom is 0.338 e. The lowest BCUT2D eigenvalue weighted by Gasteiger charge is -2.15. The highest BCUT2D eigenvalue weighted by atomic mass is 16.5. The summed E-state index contributed by atoms with van der Waals surface area (Å²) in [6.07, 6.45) is 17.5. The number of carbonyl (C=O) groups excluding carboxylic acids is 4. The molecule has 4 atom stereocenters. The van der Waals surface area contributed by atoms with Gasteiger partial charge in [0, 0.05) is 0 Å². The van der Waals surface area contributed by atoms with Crippen molar-refractivity contribution in [1.82, 2.24) is 0 Å². The van der Waals surface area contributed by atoms with Crippen LogP contribution in [0.15, 0.2) is 48.5 Å². The number of unbranched alkanes of at least 4 members (excludes halogenated alkanes) is 4. The van der Waals surface area contributed by atoms with Crippen molar-refractivity contribution < 1.29 is 38.1 Å². The number of hydrogen-bond donors (Lipinski definition) is 0. The maximum absolute atomic E-state index is 12.4. The van der Waals surface area contributed by atoms with Crippen LogP contribution in [0.25, 0.3) is 0 Å². The predicted molar refractivity (Wildman–Crippen MR) is 227 cm³/mol. The van der Waals surface area contributed by atoms with Crippen molar-refractivity contribution in [1.29, 1.82) is 0 Å². The molecule has 0 saturated heterocycles. The molecule has 0 N–H and O–H groups in total. The van der Waals surface area contributed by atoms with Crippen LogP contribution in [0.4, 0.5) is 0 Å². The van der Waals surface area contributed by atoms with Gasteiger partial charge < -0.3 is 18.9 Å². The summed E-state index contributed by atoms with van der Waals surface area (Å²) < 4.78 is 21.9. The Hall–Kier alpha value is -3.68. The second-order valence-corrected chi connectivity index (χ2v) is 15.2. The van der Waals surface area contributed by atoms with E-state index in [1.807, 2.05) is 0 Å². The minimum Gasteiger partial charge on any atom is -0.462 e. The number of esters is 4. The van der Waals surface area contributed by atoms with Crippen LogP contribution in [0, 0.1) is 23.7 Å². The van der Waals surface area contributed by atoms with Gasteiger partial charge in [-0.1, -0.05) is 139 Å². The lowest BCUT2D eigenvalue weighted by molar-refractivity contribution is 0.0414. The molecule has 2 aromatic rings. The van der Waals surface area contributed by atoms with Gasteiger partial charge in [-0.3, -0.25) is 0 Å². The van der Waals surface area contributed by atoms with Crippen molar-refractivity contribution in [3.63, 3.8) is 0 Å². The summed E-state index contributed by atoms with van der Waals surface area (Å²) in [5, 5.41) is 0. The zero-order chi connectivity index (χ0) is 41.6. The molecule has 0 aliphatic carbocycles.